The van der Waals surface area contributed by atoms with Crippen LogP contribution in [-0.4, -0.2) is 66.2 Å². The van der Waals surface area contributed by atoms with Crippen molar-refractivity contribution < 1.29 is 14.2 Å². The van der Waals surface area contributed by atoms with Gasteiger partial charge >= 0.3 is 0 Å². The van der Waals surface area contributed by atoms with Crippen LogP contribution in [0.4, 0.5) is 0 Å². The molecule has 0 aliphatic carbocycles. The number of guanidine groups is 1. The lowest BCUT2D eigenvalue weighted by Gasteiger charge is -2.21. The van der Waals surface area contributed by atoms with E-state index in [1.54, 1.807) is 7.11 Å². The molecule has 2 N–H and O–H groups in total. The topological polar surface area (TPSA) is 64.1 Å². The highest BCUT2D eigenvalue weighted by molar-refractivity contribution is 14.0. The second-order valence-corrected chi connectivity index (χ2v) is 5.96. The number of rotatable bonds is 12. The molecule has 0 saturated carbocycles. The molecule has 1 heterocycles. The summed E-state index contributed by atoms with van der Waals surface area (Å²) in [5.74, 6) is 1.56. The third-order valence-electron chi connectivity index (χ3n) is 3.99. The van der Waals surface area contributed by atoms with E-state index in [9.17, 15) is 0 Å². The standard InChI is InChI=1S/C17H35N3O3.HI/c1-18-17(19-9-4-3-5-11-21-2)20-10-6-12-23-15-16-7-13-22-14-8-16;/h16H,3-15H2,1-2H3,(H2,18,19,20);1H. The van der Waals surface area contributed by atoms with Crippen molar-refractivity contribution in [2.24, 2.45) is 10.9 Å². The molecule has 0 amide bonds. The van der Waals surface area contributed by atoms with Gasteiger partial charge in [-0.15, -0.1) is 24.0 Å². The molecule has 144 valence electrons. The summed E-state index contributed by atoms with van der Waals surface area (Å²) in [5, 5.41) is 6.66. The molecule has 0 radical (unpaired) electrons. The van der Waals surface area contributed by atoms with E-state index in [4.69, 9.17) is 14.2 Å². The van der Waals surface area contributed by atoms with E-state index < -0.39 is 0 Å². The SMILES string of the molecule is CN=C(NCCCCCOC)NCCCOCC1CCOCC1.I. The van der Waals surface area contributed by atoms with Crippen molar-refractivity contribution in [1.82, 2.24) is 10.6 Å². The van der Waals surface area contributed by atoms with Crippen LogP contribution >= 0.6 is 24.0 Å². The van der Waals surface area contributed by atoms with Crippen LogP contribution < -0.4 is 10.6 Å². The van der Waals surface area contributed by atoms with E-state index in [-0.39, 0.29) is 24.0 Å². The summed E-state index contributed by atoms with van der Waals surface area (Å²) in [6.07, 6.45) is 6.71. The average molecular weight is 457 g/mol. The van der Waals surface area contributed by atoms with Gasteiger partial charge in [-0.2, -0.15) is 0 Å². The minimum absolute atomic E-state index is 0. The Morgan fingerprint density at radius 3 is 2.42 bits per heavy atom. The third kappa shape index (κ3) is 13.2. The van der Waals surface area contributed by atoms with Crippen LogP contribution in [0.3, 0.4) is 0 Å². The highest BCUT2D eigenvalue weighted by Gasteiger charge is 2.13. The van der Waals surface area contributed by atoms with Crippen LogP contribution in [0, 0.1) is 5.92 Å². The zero-order valence-corrected chi connectivity index (χ0v) is 17.7. The van der Waals surface area contributed by atoms with Crippen molar-refractivity contribution in [2.75, 3.05) is 60.3 Å². The lowest BCUT2D eigenvalue weighted by molar-refractivity contribution is 0.0203. The molecule has 0 aromatic heterocycles. The Kier molecular flexibility index (Phi) is 17.6. The van der Waals surface area contributed by atoms with Gasteiger partial charge in [-0.3, -0.25) is 4.99 Å². The first kappa shape index (κ1) is 23.9. The Balaban J connectivity index is 0.00000529. The number of hydrogen-bond acceptors (Lipinski definition) is 4. The number of aliphatic imine (C=N–C) groups is 1. The maximum atomic E-state index is 5.76. The molecule has 7 heteroatoms. The summed E-state index contributed by atoms with van der Waals surface area (Å²) in [6.45, 7) is 6.14. The Morgan fingerprint density at radius 1 is 1.04 bits per heavy atom. The van der Waals surface area contributed by atoms with E-state index >= 15 is 0 Å². The summed E-state index contributed by atoms with van der Waals surface area (Å²) < 4.78 is 16.1. The zero-order chi connectivity index (χ0) is 16.6. The highest BCUT2D eigenvalue weighted by atomic mass is 127. The molecule has 6 nitrogen and oxygen atoms in total. The Labute approximate surface area is 164 Å². The van der Waals surface area contributed by atoms with Crippen molar-refractivity contribution in [3.05, 3.63) is 0 Å². The molecule has 0 aromatic carbocycles. The normalized spacial score (nSPS) is 15.8. The molecule has 0 bridgehead atoms. The minimum Gasteiger partial charge on any atom is -0.385 e. The molecular weight excluding hydrogens is 421 g/mol. The Hall–Kier alpha value is -0.120. The fourth-order valence-electron chi connectivity index (χ4n) is 2.52. The van der Waals surface area contributed by atoms with E-state index in [2.05, 4.69) is 15.6 Å². The first-order valence-corrected chi connectivity index (χ1v) is 8.95. The van der Waals surface area contributed by atoms with Crippen molar-refractivity contribution >= 4 is 29.9 Å². The van der Waals surface area contributed by atoms with Crippen molar-refractivity contribution in [2.45, 2.75) is 38.5 Å². The van der Waals surface area contributed by atoms with Crippen molar-refractivity contribution in [3.8, 4) is 0 Å². The lowest BCUT2D eigenvalue weighted by Crippen LogP contribution is -2.38. The molecule has 0 spiro atoms. The number of ether oxygens (including phenoxy) is 3. The van der Waals surface area contributed by atoms with Gasteiger partial charge in [0.25, 0.3) is 0 Å². The largest absolute Gasteiger partial charge is 0.385 e. The molecule has 1 aliphatic rings. The first-order chi connectivity index (χ1) is 11.4. The molecule has 0 unspecified atom stereocenters. The number of methoxy groups -OCH3 is 1. The van der Waals surface area contributed by atoms with E-state index in [1.165, 1.54) is 6.42 Å². The second kappa shape index (κ2) is 17.7. The summed E-state index contributed by atoms with van der Waals surface area (Å²) >= 11 is 0. The van der Waals surface area contributed by atoms with Crippen LogP contribution in [0.5, 0.6) is 0 Å². The molecule has 1 aliphatic heterocycles. The van der Waals surface area contributed by atoms with Crippen LogP contribution in [0.2, 0.25) is 0 Å². The summed E-state index contributed by atoms with van der Waals surface area (Å²) in [5.41, 5.74) is 0. The second-order valence-electron chi connectivity index (χ2n) is 5.96. The summed E-state index contributed by atoms with van der Waals surface area (Å²) in [7, 11) is 3.55. The smallest absolute Gasteiger partial charge is 0.190 e. The minimum atomic E-state index is 0. The van der Waals surface area contributed by atoms with Crippen molar-refractivity contribution in [1.29, 1.82) is 0 Å². The molecule has 24 heavy (non-hydrogen) atoms. The predicted molar refractivity (Wildman–Crippen MR) is 109 cm³/mol. The van der Waals surface area contributed by atoms with E-state index in [0.29, 0.717) is 5.92 Å². The molecule has 0 aromatic rings. The Bertz CT molecular complexity index is 301. The summed E-state index contributed by atoms with van der Waals surface area (Å²) in [6, 6.07) is 0. The van der Waals surface area contributed by atoms with Gasteiger partial charge in [0.15, 0.2) is 5.96 Å². The predicted octanol–water partition coefficient (Wildman–Crippen LogP) is 2.42. The van der Waals surface area contributed by atoms with Gasteiger partial charge in [-0.1, -0.05) is 0 Å². The number of halogens is 1. The number of hydrogen-bond donors (Lipinski definition) is 2. The molecule has 1 saturated heterocycles. The highest BCUT2D eigenvalue weighted by Crippen LogP contribution is 2.14. The third-order valence-corrected chi connectivity index (χ3v) is 3.99. The lowest BCUT2D eigenvalue weighted by atomic mass is 10.0. The molecule has 1 rings (SSSR count). The molecule has 1 fully saturated rings. The summed E-state index contributed by atoms with van der Waals surface area (Å²) in [4.78, 5) is 4.23. The molecular formula is C17H36IN3O3. The van der Waals surface area contributed by atoms with Gasteiger partial charge in [0, 0.05) is 60.3 Å². The van der Waals surface area contributed by atoms with Gasteiger partial charge in [-0.25, -0.2) is 0 Å². The molecule has 0 atom stereocenters. The fourth-order valence-corrected chi connectivity index (χ4v) is 2.52. The average Bonchev–Trinajstić information content (AvgIpc) is 2.60. The van der Waals surface area contributed by atoms with Crippen LogP contribution in [-0.2, 0) is 14.2 Å². The van der Waals surface area contributed by atoms with Crippen molar-refractivity contribution in [3.63, 3.8) is 0 Å². The number of nitrogens with zero attached hydrogens (tertiary/aromatic N) is 1. The fraction of sp³-hybridized carbons (Fsp3) is 0.941. The van der Waals surface area contributed by atoms with Gasteiger partial charge in [-0.05, 0) is 44.4 Å². The zero-order valence-electron chi connectivity index (χ0n) is 15.3. The van der Waals surface area contributed by atoms with Gasteiger partial charge in [0.05, 0.1) is 0 Å². The van der Waals surface area contributed by atoms with Crippen LogP contribution in [0.15, 0.2) is 4.99 Å². The monoisotopic (exact) mass is 457 g/mol. The quantitative estimate of drug-likeness (QED) is 0.204. The Morgan fingerprint density at radius 2 is 1.75 bits per heavy atom. The van der Waals surface area contributed by atoms with Crippen LogP contribution in [0.1, 0.15) is 38.5 Å². The number of unbranched alkanes of at least 4 members (excludes halogenated alkanes) is 2. The van der Waals surface area contributed by atoms with E-state index in [1.807, 2.05) is 7.05 Å². The van der Waals surface area contributed by atoms with Gasteiger partial charge in [0.1, 0.15) is 0 Å². The maximum Gasteiger partial charge on any atom is 0.190 e. The first-order valence-electron chi connectivity index (χ1n) is 8.95. The maximum absolute atomic E-state index is 5.76. The number of nitrogens with one attached hydrogen (secondary N) is 2. The van der Waals surface area contributed by atoms with Gasteiger partial charge in [0.2, 0.25) is 0 Å². The van der Waals surface area contributed by atoms with Gasteiger partial charge < -0.3 is 24.8 Å². The van der Waals surface area contributed by atoms with E-state index in [0.717, 1.165) is 84.2 Å². The van der Waals surface area contributed by atoms with Crippen LogP contribution in [0.25, 0.3) is 0 Å².